The van der Waals surface area contributed by atoms with E-state index in [4.69, 9.17) is 0 Å². The summed E-state index contributed by atoms with van der Waals surface area (Å²) in [6, 6.07) is 0. The molecule has 4 heteroatoms. The van der Waals surface area contributed by atoms with Gasteiger partial charge < -0.3 is 5.32 Å². The van der Waals surface area contributed by atoms with Crippen LogP contribution in [0, 0.1) is 6.92 Å². The molecule has 0 fully saturated rings. The van der Waals surface area contributed by atoms with E-state index >= 15 is 0 Å². The summed E-state index contributed by atoms with van der Waals surface area (Å²) in [6.45, 7) is 9.61. The maximum Gasteiger partial charge on any atom is 0.247 e. The van der Waals surface area contributed by atoms with E-state index in [0.29, 0.717) is 0 Å². The molecule has 0 spiro atoms. The van der Waals surface area contributed by atoms with Gasteiger partial charge in [0.1, 0.15) is 5.54 Å². The minimum Gasteiger partial charge on any atom is -0.357 e. The van der Waals surface area contributed by atoms with Gasteiger partial charge in [-0.2, -0.15) is 5.10 Å². The number of nitrogens with one attached hydrogen (secondary N) is 1. The second kappa shape index (κ2) is 5.53. The molecule has 0 atom stereocenters. The maximum atomic E-state index is 11.5. The van der Waals surface area contributed by atoms with Gasteiger partial charge in [-0.25, -0.2) is 0 Å². The van der Waals surface area contributed by atoms with Gasteiger partial charge in [-0.05, 0) is 26.3 Å². The first-order chi connectivity index (χ1) is 6.98. The molecule has 1 rings (SSSR count). The van der Waals surface area contributed by atoms with E-state index in [-0.39, 0.29) is 5.91 Å². The molecule has 0 aliphatic rings. The summed E-state index contributed by atoms with van der Waals surface area (Å²) in [5.41, 5.74) is 0.431. The molecule has 0 saturated heterocycles. The Balaban J connectivity index is 0.000000921. The van der Waals surface area contributed by atoms with Gasteiger partial charge in [-0.3, -0.25) is 9.48 Å². The lowest BCUT2D eigenvalue weighted by Gasteiger charge is -2.22. The van der Waals surface area contributed by atoms with Crippen LogP contribution in [0.2, 0.25) is 0 Å². The van der Waals surface area contributed by atoms with Gasteiger partial charge in [0.25, 0.3) is 0 Å². The molecule has 1 aromatic heterocycles. The van der Waals surface area contributed by atoms with Gasteiger partial charge in [0.15, 0.2) is 0 Å². The predicted octanol–water partition coefficient (Wildman–Crippen LogP) is 1.70. The number of likely N-dealkylation sites (N-methyl/N-ethyl adjacent to an activating group) is 1. The number of amides is 1. The third-order valence-electron chi connectivity index (χ3n) is 2.07. The van der Waals surface area contributed by atoms with E-state index < -0.39 is 5.54 Å². The summed E-state index contributed by atoms with van der Waals surface area (Å²) >= 11 is 0. The number of hydrogen-bond donors (Lipinski definition) is 1. The molecule has 1 heterocycles. The molecule has 0 aromatic carbocycles. The summed E-state index contributed by atoms with van der Waals surface area (Å²) in [6.07, 6.45) is 3.60. The van der Waals surface area contributed by atoms with Crippen molar-refractivity contribution in [2.75, 3.05) is 7.05 Å². The monoisotopic (exact) mass is 211 g/mol. The number of nitrogens with zero attached hydrogens (tertiary/aromatic N) is 2. The second-order valence-electron chi connectivity index (χ2n) is 3.60. The van der Waals surface area contributed by atoms with Crippen molar-refractivity contribution in [2.45, 2.75) is 40.2 Å². The van der Waals surface area contributed by atoms with Crippen LogP contribution in [0.3, 0.4) is 0 Å². The summed E-state index contributed by atoms with van der Waals surface area (Å²) in [4.78, 5) is 11.5. The fraction of sp³-hybridized carbons (Fsp3) is 0.636. The minimum atomic E-state index is -0.622. The van der Waals surface area contributed by atoms with Crippen LogP contribution in [0.25, 0.3) is 0 Å². The number of aryl methyl sites for hydroxylation is 1. The number of hydrogen-bond acceptors (Lipinski definition) is 2. The van der Waals surface area contributed by atoms with Gasteiger partial charge in [0, 0.05) is 13.2 Å². The fourth-order valence-corrected chi connectivity index (χ4v) is 1.13. The molecule has 86 valence electrons. The van der Waals surface area contributed by atoms with Crippen molar-refractivity contribution in [2.24, 2.45) is 0 Å². The van der Waals surface area contributed by atoms with E-state index in [9.17, 15) is 4.79 Å². The average Bonchev–Trinajstić information content (AvgIpc) is 2.67. The Morgan fingerprint density at radius 3 is 2.33 bits per heavy atom. The molecular formula is C11H21N3O. The van der Waals surface area contributed by atoms with Crippen LogP contribution in [0.5, 0.6) is 0 Å². The van der Waals surface area contributed by atoms with Gasteiger partial charge in [0.2, 0.25) is 5.91 Å². The number of aromatic nitrogens is 2. The molecule has 0 saturated carbocycles. The van der Waals surface area contributed by atoms with E-state index in [1.54, 1.807) is 17.9 Å². The van der Waals surface area contributed by atoms with Crippen LogP contribution >= 0.6 is 0 Å². The van der Waals surface area contributed by atoms with Gasteiger partial charge in [-0.15, -0.1) is 0 Å². The smallest absolute Gasteiger partial charge is 0.247 e. The van der Waals surface area contributed by atoms with Gasteiger partial charge in [-0.1, -0.05) is 13.8 Å². The van der Waals surface area contributed by atoms with Crippen molar-refractivity contribution in [3.05, 3.63) is 18.0 Å². The largest absolute Gasteiger partial charge is 0.357 e. The first-order valence-electron chi connectivity index (χ1n) is 5.22. The molecule has 0 radical (unpaired) electrons. The highest BCUT2D eigenvalue weighted by molar-refractivity contribution is 5.83. The van der Waals surface area contributed by atoms with Gasteiger partial charge in [0.05, 0.1) is 6.20 Å². The number of carbonyl (C=O) groups excluding carboxylic acids is 1. The summed E-state index contributed by atoms with van der Waals surface area (Å²) < 4.78 is 1.67. The predicted molar refractivity (Wildman–Crippen MR) is 61.7 cm³/mol. The Morgan fingerprint density at radius 2 is 2.00 bits per heavy atom. The molecule has 0 bridgehead atoms. The third kappa shape index (κ3) is 3.08. The molecule has 4 nitrogen and oxygen atoms in total. The Bertz CT molecular complexity index is 315. The van der Waals surface area contributed by atoms with Crippen LogP contribution in [-0.2, 0) is 10.3 Å². The van der Waals surface area contributed by atoms with Crippen molar-refractivity contribution in [3.8, 4) is 0 Å². The SMILES string of the molecule is CC.CNC(=O)C(C)(C)n1cc(C)cn1. The lowest BCUT2D eigenvalue weighted by atomic mass is 10.1. The highest BCUT2D eigenvalue weighted by atomic mass is 16.2. The molecule has 0 aliphatic heterocycles. The van der Waals surface area contributed by atoms with E-state index in [0.717, 1.165) is 5.56 Å². The van der Waals surface area contributed by atoms with Crippen LogP contribution in [-0.4, -0.2) is 22.7 Å². The standard InChI is InChI=1S/C9H15N3O.C2H6/c1-7-5-11-12(6-7)9(2,3)8(13)10-4;1-2/h5-6H,1-4H3,(H,10,13);1-2H3. The second-order valence-corrected chi connectivity index (χ2v) is 3.60. The van der Waals surface area contributed by atoms with Crippen molar-refractivity contribution < 1.29 is 4.79 Å². The summed E-state index contributed by atoms with van der Waals surface area (Å²) in [5, 5.41) is 6.73. The molecule has 15 heavy (non-hydrogen) atoms. The number of rotatable bonds is 2. The minimum absolute atomic E-state index is 0.0457. The Hall–Kier alpha value is -1.32. The molecular weight excluding hydrogens is 190 g/mol. The van der Waals surface area contributed by atoms with Crippen LogP contribution < -0.4 is 5.32 Å². The van der Waals surface area contributed by atoms with Crippen molar-refractivity contribution >= 4 is 5.91 Å². The molecule has 0 unspecified atom stereocenters. The highest BCUT2D eigenvalue weighted by Crippen LogP contribution is 2.14. The zero-order valence-corrected chi connectivity index (χ0v) is 10.5. The van der Waals surface area contributed by atoms with Crippen molar-refractivity contribution in [1.29, 1.82) is 0 Å². The van der Waals surface area contributed by atoms with Gasteiger partial charge >= 0.3 is 0 Å². The van der Waals surface area contributed by atoms with E-state index in [2.05, 4.69) is 10.4 Å². The number of carbonyl (C=O) groups is 1. The van der Waals surface area contributed by atoms with Crippen LogP contribution in [0.15, 0.2) is 12.4 Å². The maximum absolute atomic E-state index is 11.5. The molecule has 1 N–H and O–H groups in total. The third-order valence-corrected chi connectivity index (χ3v) is 2.07. The lowest BCUT2D eigenvalue weighted by molar-refractivity contribution is -0.128. The topological polar surface area (TPSA) is 46.9 Å². The highest BCUT2D eigenvalue weighted by Gasteiger charge is 2.29. The molecule has 1 aromatic rings. The normalized spacial score (nSPS) is 10.3. The molecule has 0 aliphatic carbocycles. The Kier molecular flexibility index (Phi) is 5.05. The lowest BCUT2D eigenvalue weighted by Crippen LogP contribution is -2.43. The van der Waals surface area contributed by atoms with Crippen molar-refractivity contribution in [1.82, 2.24) is 15.1 Å². The average molecular weight is 211 g/mol. The van der Waals surface area contributed by atoms with Crippen molar-refractivity contribution in [3.63, 3.8) is 0 Å². The zero-order chi connectivity index (χ0) is 12.1. The zero-order valence-electron chi connectivity index (χ0n) is 10.5. The van der Waals surface area contributed by atoms with Crippen LogP contribution in [0.1, 0.15) is 33.3 Å². The first-order valence-corrected chi connectivity index (χ1v) is 5.22. The summed E-state index contributed by atoms with van der Waals surface area (Å²) in [5.74, 6) is -0.0457. The first kappa shape index (κ1) is 13.7. The molecule has 1 amide bonds. The quantitative estimate of drug-likeness (QED) is 0.809. The van der Waals surface area contributed by atoms with E-state index in [1.165, 1.54) is 0 Å². The fourth-order valence-electron chi connectivity index (χ4n) is 1.13. The Labute approximate surface area is 91.7 Å². The van der Waals surface area contributed by atoms with E-state index in [1.807, 2.05) is 40.8 Å². The van der Waals surface area contributed by atoms with Crippen LogP contribution in [0.4, 0.5) is 0 Å². The Morgan fingerprint density at radius 1 is 1.47 bits per heavy atom. The summed E-state index contributed by atoms with van der Waals surface area (Å²) in [7, 11) is 1.63.